The standard InChI is InChI=1S/C10H7N3O4S/c14-9-3-1-7-2-4-10(6-8(7)5-9)18(11-15,12-16)13-17/h1-6,14H. The van der Waals surface area contributed by atoms with Crippen molar-refractivity contribution in [2.45, 2.75) is 4.90 Å². The minimum Gasteiger partial charge on any atom is -0.508 e. The van der Waals surface area contributed by atoms with Crippen LogP contribution in [0.3, 0.4) is 0 Å². The van der Waals surface area contributed by atoms with Crippen LogP contribution in [-0.2, 0) is 0 Å². The van der Waals surface area contributed by atoms with Crippen molar-refractivity contribution in [3.05, 3.63) is 51.1 Å². The zero-order valence-corrected chi connectivity index (χ0v) is 9.70. The number of benzene rings is 2. The minimum absolute atomic E-state index is 0.0254. The van der Waals surface area contributed by atoms with Crippen molar-refractivity contribution in [2.24, 2.45) is 13.7 Å². The normalized spacial score (nSPS) is 12.0. The predicted octanol–water partition coefficient (Wildman–Crippen LogP) is 3.75. The lowest BCUT2D eigenvalue weighted by atomic mass is 10.1. The zero-order valence-electron chi connectivity index (χ0n) is 8.89. The summed E-state index contributed by atoms with van der Waals surface area (Å²) in [5.41, 5.74) is 0. The van der Waals surface area contributed by atoms with E-state index in [0.29, 0.717) is 5.39 Å². The molecule has 8 heteroatoms. The molecule has 2 aromatic carbocycles. The molecule has 0 atom stereocenters. The molecule has 0 unspecified atom stereocenters. The maximum Gasteiger partial charge on any atom is 0.197 e. The highest BCUT2D eigenvalue weighted by Gasteiger charge is 2.31. The molecule has 0 aliphatic carbocycles. The van der Waals surface area contributed by atoms with Gasteiger partial charge < -0.3 is 5.11 Å². The molecular weight excluding hydrogens is 258 g/mol. The van der Waals surface area contributed by atoms with Gasteiger partial charge in [-0.1, -0.05) is 12.1 Å². The number of hydrogen-bond donors (Lipinski definition) is 1. The topological polar surface area (TPSA) is 109 Å². The third-order valence-electron chi connectivity index (χ3n) is 2.42. The number of nitroso groups, excluding NO2 is 3. The van der Waals surface area contributed by atoms with E-state index in [1.165, 1.54) is 24.3 Å². The van der Waals surface area contributed by atoms with E-state index >= 15 is 0 Å². The summed E-state index contributed by atoms with van der Waals surface area (Å²) >= 11 is 0. The predicted molar refractivity (Wildman–Crippen MR) is 68.9 cm³/mol. The summed E-state index contributed by atoms with van der Waals surface area (Å²) in [6.45, 7) is 0. The molecule has 0 radical (unpaired) electrons. The molecule has 0 aliphatic heterocycles. The Balaban J connectivity index is 2.68. The Kier molecular flexibility index (Phi) is 3.02. The Morgan fingerprint density at radius 3 is 2.06 bits per heavy atom. The van der Waals surface area contributed by atoms with Gasteiger partial charge in [-0.25, -0.2) is 0 Å². The van der Waals surface area contributed by atoms with Gasteiger partial charge in [-0.3, -0.25) is 0 Å². The van der Waals surface area contributed by atoms with Crippen LogP contribution in [0.5, 0.6) is 5.75 Å². The molecular formula is C10H7N3O4S. The van der Waals surface area contributed by atoms with Gasteiger partial charge >= 0.3 is 0 Å². The van der Waals surface area contributed by atoms with Gasteiger partial charge in [0.25, 0.3) is 0 Å². The van der Waals surface area contributed by atoms with Gasteiger partial charge in [0.15, 0.2) is 10.6 Å². The van der Waals surface area contributed by atoms with E-state index in [0.717, 1.165) is 5.39 Å². The smallest absolute Gasteiger partial charge is 0.197 e. The highest BCUT2D eigenvalue weighted by molar-refractivity contribution is 8.30. The van der Waals surface area contributed by atoms with E-state index in [2.05, 4.69) is 13.7 Å². The lowest BCUT2D eigenvalue weighted by Gasteiger charge is -2.14. The van der Waals surface area contributed by atoms with Crippen molar-refractivity contribution in [3.63, 3.8) is 0 Å². The molecule has 0 bridgehead atoms. The van der Waals surface area contributed by atoms with Gasteiger partial charge in [0.05, 0.1) is 4.90 Å². The zero-order chi connectivity index (χ0) is 13.2. The fourth-order valence-electron chi connectivity index (χ4n) is 1.55. The molecule has 0 saturated carbocycles. The number of phenolic OH excluding ortho intramolecular Hbond substituents is 1. The van der Waals surface area contributed by atoms with Crippen molar-refractivity contribution < 1.29 is 5.11 Å². The lowest BCUT2D eigenvalue weighted by molar-refractivity contribution is 0.476. The van der Waals surface area contributed by atoms with E-state index in [4.69, 9.17) is 0 Å². The Labute approximate surface area is 102 Å². The summed E-state index contributed by atoms with van der Waals surface area (Å²) in [6, 6.07) is 8.98. The molecule has 0 saturated heterocycles. The first-order chi connectivity index (χ1) is 8.65. The van der Waals surface area contributed by atoms with Gasteiger partial charge in [-0.15, -0.1) is 14.7 Å². The third-order valence-corrected chi connectivity index (χ3v) is 3.93. The summed E-state index contributed by atoms with van der Waals surface area (Å²) in [6.07, 6.45) is 0. The maximum atomic E-state index is 10.6. The van der Waals surface area contributed by atoms with Crippen LogP contribution in [0, 0.1) is 14.7 Å². The van der Waals surface area contributed by atoms with E-state index in [9.17, 15) is 19.8 Å². The van der Waals surface area contributed by atoms with Gasteiger partial charge in [-0.05, 0) is 35.0 Å². The van der Waals surface area contributed by atoms with E-state index < -0.39 is 10.6 Å². The highest BCUT2D eigenvalue weighted by atomic mass is 32.3. The molecule has 0 amide bonds. The second-order valence-corrected chi connectivity index (χ2v) is 5.39. The van der Waals surface area contributed by atoms with Crippen molar-refractivity contribution in [1.82, 2.24) is 0 Å². The molecule has 0 heterocycles. The van der Waals surface area contributed by atoms with Crippen molar-refractivity contribution >= 4 is 21.4 Å². The SMILES string of the molecule is O=NS(N=O)(N=O)c1ccc2ccc(O)cc2c1. The van der Waals surface area contributed by atoms with Crippen LogP contribution in [0.25, 0.3) is 10.8 Å². The number of fused-ring (bicyclic) bond motifs is 1. The van der Waals surface area contributed by atoms with Crippen molar-refractivity contribution in [3.8, 4) is 5.75 Å². The van der Waals surface area contributed by atoms with E-state index in [-0.39, 0.29) is 10.6 Å². The Morgan fingerprint density at radius 1 is 0.833 bits per heavy atom. The molecule has 0 fully saturated rings. The second kappa shape index (κ2) is 4.49. The molecule has 0 aromatic heterocycles. The largest absolute Gasteiger partial charge is 0.508 e. The average molecular weight is 265 g/mol. The summed E-state index contributed by atoms with van der Waals surface area (Å²) in [7, 11) is -3.47. The first kappa shape index (κ1) is 12.1. The van der Waals surface area contributed by atoms with Crippen LogP contribution in [-0.4, -0.2) is 5.11 Å². The number of nitrogens with zero attached hydrogens (tertiary/aromatic N) is 3. The molecule has 18 heavy (non-hydrogen) atoms. The molecule has 0 aliphatic rings. The summed E-state index contributed by atoms with van der Waals surface area (Å²) < 4.78 is 7.41. The average Bonchev–Trinajstić information content (AvgIpc) is 2.41. The minimum atomic E-state index is -3.47. The highest BCUT2D eigenvalue weighted by Crippen LogP contribution is 2.59. The van der Waals surface area contributed by atoms with Crippen LogP contribution in [0.2, 0.25) is 0 Å². The van der Waals surface area contributed by atoms with Crippen molar-refractivity contribution in [2.75, 3.05) is 0 Å². The summed E-state index contributed by atoms with van der Waals surface area (Å²) in [5, 5.41) is 10.7. The number of phenols is 1. The second-order valence-electron chi connectivity index (χ2n) is 3.44. The van der Waals surface area contributed by atoms with Crippen LogP contribution < -0.4 is 0 Å². The van der Waals surface area contributed by atoms with Gasteiger partial charge in [-0.2, -0.15) is 0 Å². The van der Waals surface area contributed by atoms with Crippen LogP contribution in [0.15, 0.2) is 55.0 Å². The Morgan fingerprint density at radius 2 is 1.44 bits per heavy atom. The Bertz CT molecular complexity index is 624. The van der Waals surface area contributed by atoms with E-state index in [1.54, 1.807) is 12.1 Å². The molecule has 0 spiro atoms. The lowest BCUT2D eigenvalue weighted by Crippen LogP contribution is -1.88. The summed E-state index contributed by atoms with van der Waals surface area (Å²) in [4.78, 5) is 32.0. The van der Waals surface area contributed by atoms with Gasteiger partial charge in [0.1, 0.15) is 5.75 Å². The first-order valence-corrected chi connectivity index (χ1v) is 6.25. The fourth-order valence-corrected chi connectivity index (χ4v) is 2.43. The molecule has 7 nitrogen and oxygen atoms in total. The molecule has 2 rings (SSSR count). The quantitative estimate of drug-likeness (QED) is 0.848. The maximum absolute atomic E-state index is 10.6. The monoisotopic (exact) mass is 265 g/mol. The Hall–Kier alpha value is -2.35. The van der Waals surface area contributed by atoms with E-state index in [1.807, 2.05) is 0 Å². The van der Waals surface area contributed by atoms with Crippen molar-refractivity contribution in [1.29, 1.82) is 0 Å². The number of rotatable bonds is 4. The van der Waals surface area contributed by atoms with Crippen LogP contribution in [0.4, 0.5) is 0 Å². The van der Waals surface area contributed by atoms with Crippen LogP contribution >= 0.6 is 10.6 Å². The number of aromatic hydroxyl groups is 1. The van der Waals surface area contributed by atoms with Gasteiger partial charge in [0, 0.05) is 13.7 Å². The first-order valence-electron chi connectivity index (χ1n) is 4.75. The molecule has 92 valence electrons. The molecule has 1 N–H and O–H groups in total. The number of hydrogen-bond acceptors (Lipinski definition) is 7. The van der Waals surface area contributed by atoms with Crippen LogP contribution in [0.1, 0.15) is 0 Å². The van der Waals surface area contributed by atoms with Gasteiger partial charge in [0.2, 0.25) is 0 Å². The summed E-state index contributed by atoms with van der Waals surface area (Å²) in [5.74, 6) is 0.0254. The molecule has 2 aromatic rings. The third kappa shape index (κ3) is 1.82. The fraction of sp³-hybridized carbons (Fsp3) is 0.